The van der Waals surface area contributed by atoms with Crippen molar-refractivity contribution in [3.05, 3.63) is 21.9 Å². The van der Waals surface area contributed by atoms with Crippen molar-refractivity contribution in [2.24, 2.45) is 0 Å². The fraction of sp³-hybridized carbons (Fsp3) is 0.429. The summed E-state index contributed by atoms with van der Waals surface area (Å²) in [7, 11) is 0. The van der Waals surface area contributed by atoms with Crippen molar-refractivity contribution in [3.63, 3.8) is 0 Å². The summed E-state index contributed by atoms with van der Waals surface area (Å²) in [6.07, 6.45) is 1.07. The van der Waals surface area contributed by atoms with E-state index in [2.05, 4.69) is 13.0 Å². The molecule has 0 atom stereocenters. The van der Waals surface area contributed by atoms with E-state index >= 15 is 0 Å². The molecule has 1 heterocycles. The number of aryl methyl sites for hydroxylation is 1. The summed E-state index contributed by atoms with van der Waals surface area (Å²) < 4.78 is 0. The van der Waals surface area contributed by atoms with Gasteiger partial charge >= 0.3 is 0 Å². The first-order valence-corrected chi connectivity index (χ1v) is 3.87. The lowest BCUT2D eigenvalue weighted by atomic mass is 10.4. The maximum Gasteiger partial charge on any atom is 0.0774 e. The molecule has 50 valence electrons. The molecule has 0 aliphatic carbocycles. The molecule has 1 N–H and O–H groups in total. The van der Waals surface area contributed by atoms with Crippen LogP contribution in [-0.2, 0) is 13.0 Å². The summed E-state index contributed by atoms with van der Waals surface area (Å²) in [5.74, 6) is 0. The Labute approximate surface area is 59.0 Å². The first kappa shape index (κ1) is 6.78. The maximum absolute atomic E-state index is 8.66. The third-order valence-corrected chi connectivity index (χ3v) is 2.44. The van der Waals surface area contributed by atoms with Gasteiger partial charge in [-0.2, -0.15) is 0 Å². The third kappa shape index (κ3) is 1.53. The lowest BCUT2D eigenvalue weighted by Gasteiger charge is -1.83. The van der Waals surface area contributed by atoms with E-state index in [9.17, 15) is 0 Å². The normalized spacial score (nSPS) is 10.0. The average molecular weight is 142 g/mol. The summed E-state index contributed by atoms with van der Waals surface area (Å²) in [6.45, 7) is 2.30. The van der Waals surface area contributed by atoms with Crippen molar-refractivity contribution < 1.29 is 5.11 Å². The van der Waals surface area contributed by atoms with E-state index in [4.69, 9.17) is 5.11 Å². The highest BCUT2D eigenvalue weighted by Crippen LogP contribution is 2.15. The minimum absolute atomic E-state index is 0.185. The van der Waals surface area contributed by atoms with E-state index in [1.807, 2.05) is 6.07 Å². The molecule has 1 aromatic heterocycles. The number of hydrogen-bond donors (Lipinski definition) is 1. The van der Waals surface area contributed by atoms with Gasteiger partial charge in [0.1, 0.15) is 0 Å². The Balaban J connectivity index is 2.74. The van der Waals surface area contributed by atoms with Crippen molar-refractivity contribution in [2.45, 2.75) is 20.0 Å². The third-order valence-electron chi connectivity index (χ3n) is 1.22. The molecule has 1 nitrogen and oxygen atoms in total. The Morgan fingerprint density at radius 2 is 2.11 bits per heavy atom. The molecule has 0 saturated heterocycles. The summed E-state index contributed by atoms with van der Waals surface area (Å²) in [4.78, 5) is 2.41. The monoisotopic (exact) mass is 142 g/mol. The van der Waals surface area contributed by atoms with Gasteiger partial charge in [0.2, 0.25) is 0 Å². The van der Waals surface area contributed by atoms with Gasteiger partial charge in [-0.15, -0.1) is 11.3 Å². The van der Waals surface area contributed by atoms with Crippen LogP contribution in [-0.4, -0.2) is 5.11 Å². The summed E-state index contributed by atoms with van der Waals surface area (Å²) in [5.41, 5.74) is 0. The lowest BCUT2D eigenvalue weighted by Crippen LogP contribution is -1.70. The van der Waals surface area contributed by atoms with Gasteiger partial charge in [0.25, 0.3) is 0 Å². The van der Waals surface area contributed by atoms with Gasteiger partial charge in [-0.25, -0.2) is 0 Å². The zero-order valence-corrected chi connectivity index (χ0v) is 6.24. The van der Waals surface area contributed by atoms with Crippen molar-refractivity contribution >= 4 is 11.3 Å². The molecule has 0 aliphatic rings. The minimum atomic E-state index is 0.185. The predicted octanol–water partition coefficient (Wildman–Crippen LogP) is 1.80. The van der Waals surface area contributed by atoms with Crippen molar-refractivity contribution in [2.75, 3.05) is 0 Å². The van der Waals surface area contributed by atoms with Crippen LogP contribution in [0.3, 0.4) is 0 Å². The molecular weight excluding hydrogens is 132 g/mol. The van der Waals surface area contributed by atoms with Crippen LogP contribution < -0.4 is 0 Å². The van der Waals surface area contributed by atoms with Gasteiger partial charge in [0.15, 0.2) is 0 Å². The number of aliphatic hydroxyl groups is 1. The zero-order valence-electron chi connectivity index (χ0n) is 5.42. The summed E-state index contributed by atoms with van der Waals surface area (Å²) in [5, 5.41) is 8.66. The quantitative estimate of drug-likeness (QED) is 0.667. The van der Waals surface area contributed by atoms with Crippen LogP contribution in [0.25, 0.3) is 0 Å². The van der Waals surface area contributed by atoms with E-state index in [1.165, 1.54) is 4.88 Å². The highest BCUT2D eigenvalue weighted by atomic mass is 32.1. The molecular formula is C7H10OS. The Kier molecular flexibility index (Phi) is 2.25. The van der Waals surface area contributed by atoms with Crippen molar-refractivity contribution in [1.29, 1.82) is 0 Å². The van der Waals surface area contributed by atoms with Gasteiger partial charge in [0, 0.05) is 9.75 Å². The van der Waals surface area contributed by atoms with Crippen LogP contribution in [0.5, 0.6) is 0 Å². The van der Waals surface area contributed by atoms with Crippen LogP contribution in [0.2, 0.25) is 0 Å². The Bertz CT molecular complexity index is 162. The lowest BCUT2D eigenvalue weighted by molar-refractivity contribution is 0.285. The van der Waals surface area contributed by atoms with E-state index < -0.39 is 0 Å². The van der Waals surface area contributed by atoms with Crippen LogP contribution >= 0.6 is 11.3 Å². The van der Waals surface area contributed by atoms with Crippen LogP contribution in [0, 0.1) is 0 Å². The number of thiophene rings is 1. The van der Waals surface area contributed by atoms with Gasteiger partial charge < -0.3 is 5.11 Å². The minimum Gasteiger partial charge on any atom is -0.391 e. The molecule has 0 spiro atoms. The Morgan fingerprint density at radius 3 is 2.44 bits per heavy atom. The first-order valence-electron chi connectivity index (χ1n) is 3.05. The topological polar surface area (TPSA) is 20.2 Å². The standard InChI is InChI=1S/C7H10OS/c1-2-6-3-4-7(5-8)9-6/h3-4,8H,2,5H2,1H3. The highest BCUT2D eigenvalue weighted by Gasteiger charge is 1.94. The largest absolute Gasteiger partial charge is 0.391 e. The molecule has 0 aliphatic heterocycles. The molecule has 0 unspecified atom stereocenters. The predicted molar refractivity (Wildman–Crippen MR) is 39.6 cm³/mol. The highest BCUT2D eigenvalue weighted by molar-refractivity contribution is 7.11. The van der Waals surface area contributed by atoms with Crippen LogP contribution in [0.1, 0.15) is 16.7 Å². The molecule has 1 aromatic rings. The van der Waals surface area contributed by atoms with Crippen LogP contribution in [0.4, 0.5) is 0 Å². The Morgan fingerprint density at radius 1 is 1.44 bits per heavy atom. The van der Waals surface area contributed by atoms with Crippen molar-refractivity contribution in [1.82, 2.24) is 0 Å². The van der Waals surface area contributed by atoms with E-state index in [0.717, 1.165) is 11.3 Å². The summed E-state index contributed by atoms with van der Waals surface area (Å²) >= 11 is 1.68. The van der Waals surface area contributed by atoms with Gasteiger partial charge in [-0.3, -0.25) is 0 Å². The fourth-order valence-corrected chi connectivity index (χ4v) is 1.52. The second-order valence-corrected chi connectivity index (χ2v) is 3.13. The van der Waals surface area contributed by atoms with Crippen molar-refractivity contribution in [3.8, 4) is 0 Å². The van der Waals surface area contributed by atoms with E-state index in [0.29, 0.717) is 0 Å². The smallest absolute Gasteiger partial charge is 0.0774 e. The molecule has 0 bridgehead atoms. The SMILES string of the molecule is CCc1ccc(CO)s1. The van der Waals surface area contributed by atoms with E-state index in [1.54, 1.807) is 11.3 Å². The average Bonchev–Trinajstić information content (AvgIpc) is 2.34. The number of aliphatic hydroxyl groups excluding tert-OH is 1. The molecule has 2 heteroatoms. The Hall–Kier alpha value is -0.340. The number of rotatable bonds is 2. The zero-order chi connectivity index (χ0) is 6.69. The van der Waals surface area contributed by atoms with Crippen LogP contribution in [0.15, 0.2) is 12.1 Å². The molecule has 0 saturated carbocycles. The molecule has 0 radical (unpaired) electrons. The second kappa shape index (κ2) is 2.99. The molecule has 9 heavy (non-hydrogen) atoms. The maximum atomic E-state index is 8.66. The second-order valence-electron chi connectivity index (χ2n) is 1.88. The van der Waals surface area contributed by atoms with Gasteiger partial charge in [-0.05, 0) is 18.6 Å². The first-order chi connectivity index (χ1) is 4.36. The molecule has 0 amide bonds. The fourth-order valence-electron chi connectivity index (χ4n) is 0.697. The molecule has 1 rings (SSSR count). The number of hydrogen-bond acceptors (Lipinski definition) is 2. The van der Waals surface area contributed by atoms with E-state index in [-0.39, 0.29) is 6.61 Å². The summed E-state index contributed by atoms with van der Waals surface area (Å²) in [6, 6.07) is 4.04. The molecule has 0 aromatic carbocycles. The van der Waals surface area contributed by atoms with Gasteiger partial charge in [-0.1, -0.05) is 6.92 Å². The van der Waals surface area contributed by atoms with Gasteiger partial charge in [0.05, 0.1) is 6.61 Å². The molecule has 0 fully saturated rings.